The Morgan fingerprint density at radius 2 is 1.81 bits per heavy atom. The monoisotopic (exact) mass is 523 g/mol. The molecule has 2 unspecified atom stereocenters. The number of halogens is 1. The highest BCUT2D eigenvalue weighted by Crippen LogP contribution is 2.47. The van der Waals surface area contributed by atoms with E-state index >= 15 is 0 Å². The first-order chi connectivity index (χ1) is 17.8. The van der Waals surface area contributed by atoms with Gasteiger partial charge >= 0.3 is 5.97 Å². The van der Waals surface area contributed by atoms with E-state index in [4.69, 9.17) is 25.8 Å². The average molecular weight is 524 g/mol. The van der Waals surface area contributed by atoms with Crippen LogP contribution in [-0.2, 0) is 14.3 Å². The molecule has 0 fully saturated rings. The number of carbonyl (C=O) groups excluding carboxylic acids is 2. The topological polar surface area (TPSA) is 73.9 Å². The average Bonchev–Trinajstić information content (AvgIpc) is 2.87. The molecule has 2 atom stereocenters. The van der Waals surface area contributed by atoms with Crippen LogP contribution < -0.4 is 14.8 Å². The number of benzene rings is 2. The second-order valence-electron chi connectivity index (χ2n) is 9.46. The number of Topliss-reactive ketones (excluding diaryl/α,β-unsaturated/α-hetero) is 1. The number of aryl methyl sites for hydroxylation is 1. The summed E-state index contributed by atoms with van der Waals surface area (Å²) in [7, 11) is 3.21. The fourth-order valence-corrected chi connectivity index (χ4v) is 5.69. The third kappa shape index (κ3) is 5.26. The van der Waals surface area contributed by atoms with Gasteiger partial charge in [0, 0.05) is 34.3 Å². The third-order valence-corrected chi connectivity index (χ3v) is 7.36. The third-order valence-electron chi connectivity index (χ3n) is 7.13. The molecular formula is C30H34ClNO5. The molecule has 6 nitrogen and oxygen atoms in total. The van der Waals surface area contributed by atoms with Gasteiger partial charge in [0.25, 0.3) is 0 Å². The summed E-state index contributed by atoms with van der Waals surface area (Å²) in [6.07, 6.45) is 2.48. The summed E-state index contributed by atoms with van der Waals surface area (Å²) >= 11 is 6.27. The number of dihydropyridines is 1. The standard InChI is InChI=1S/C30H34ClNO5/c1-6-8-22-29(30(34)37-7-2)27(21-11-10-20(31)13-17(21)3)28-23(32-22)14-19(15-24(28)33)18-9-12-25(35-4)26(16-18)36-5/h9-13,16,19,27,32H,6-8,14-15H2,1-5H3. The van der Waals surface area contributed by atoms with Crippen molar-refractivity contribution in [3.8, 4) is 11.5 Å². The molecule has 0 amide bonds. The normalized spacial score (nSPS) is 19.4. The second-order valence-corrected chi connectivity index (χ2v) is 9.89. The smallest absolute Gasteiger partial charge is 0.336 e. The van der Waals surface area contributed by atoms with Gasteiger partial charge in [0.15, 0.2) is 17.3 Å². The van der Waals surface area contributed by atoms with Crippen LogP contribution in [0.25, 0.3) is 0 Å². The highest BCUT2D eigenvalue weighted by molar-refractivity contribution is 6.30. The van der Waals surface area contributed by atoms with Gasteiger partial charge in [0.05, 0.1) is 26.4 Å². The molecule has 196 valence electrons. The van der Waals surface area contributed by atoms with Crippen LogP contribution in [0, 0.1) is 6.92 Å². The maximum absolute atomic E-state index is 13.9. The minimum Gasteiger partial charge on any atom is -0.493 e. The first-order valence-electron chi connectivity index (χ1n) is 12.7. The number of carbonyl (C=O) groups is 2. The van der Waals surface area contributed by atoms with E-state index in [0.717, 1.165) is 34.5 Å². The summed E-state index contributed by atoms with van der Waals surface area (Å²) < 4.78 is 16.4. The molecule has 1 N–H and O–H groups in total. The largest absolute Gasteiger partial charge is 0.493 e. The number of methoxy groups -OCH3 is 2. The number of allylic oxidation sites excluding steroid dienone is 3. The lowest BCUT2D eigenvalue weighted by molar-refractivity contribution is -0.138. The Morgan fingerprint density at radius 3 is 2.46 bits per heavy atom. The Bertz CT molecular complexity index is 1280. The Hall–Kier alpha value is -3.25. The van der Waals surface area contributed by atoms with Crippen LogP contribution in [0.2, 0.25) is 5.02 Å². The number of rotatable bonds is 8. The van der Waals surface area contributed by atoms with Gasteiger partial charge in [-0.3, -0.25) is 4.79 Å². The Balaban J connectivity index is 1.84. The summed E-state index contributed by atoms with van der Waals surface area (Å²) in [5.74, 6) is 0.374. The number of esters is 1. The van der Waals surface area contributed by atoms with Gasteiger partial charge in [0.1, 0.15) is 0 Å². The van der Waals surface area contributed by atoms with Crippen LogP contribution in [0.4, 0.5) is 0 Å². The van der Waals surface area contributed by atoms with Gasteiger partial charge in [-0.25, -0.2) is 4.79 Å². The van der Waals surface area contributed by atoms with E-state index in [1.807, 2.05) is 43.3 Å². The van der Waals surface area contributed by atoms with Crippen molar-refractivity contribution in [2.45, 2.75) is 58.3 Å². The summed E-state index contributed by atoms with van der Waals surface area (Å²) in [6, 6.07) is 11.4. The van der Waals surface area contributed by atoms with Crippen molar-refractivity contribution in [1.82, 2.24) is 5.32 Å². The second kappa shape index (κ2) is 11.4. The number of nitrogens with one attached hydrogen (secondary N) is 1. The highest BCUT2D eigenvalue weighted by atomic mass is 35.5. The lowest BCUT2D eigenvalue weighted by Crippen LogP contribution is -2.37. The number of ether oxygens (including phenoxy) is 3. The van der Waals surface area contributed by atoms with Crippen LogP contribution in [0.15, 0.2) is 58.9 Å². The van der Waals surface area contributed by atoms with Gasteiger partial charge in [-0.05, 0) is 73.6 Å². The molecule has 0 radical (unpaired) electrons. The SMILES string of the molecule is CCCC1=C(C(=O)OCC)C(c2ccc(Cl)cc2C)C2=C(CC(c3ccc(OC)c(OC)c3)CC2=O)N1. The zero-order valence-corrected chi connectivity index (χ0v) is 22.8. The van der Waals surface area contributed by atoms with Crippen molar-refractivity contribution in [1.29, 1.82) is 0 Å². The van der Waals surface area contributed by atoms with Crippen molar-refractivity contribution < 1.29 is 23.8 Å². The molecule has 0 aromatic heterocycles. The maximum atomic E-state index is 13.9. The first-order valence-corrected chi connectivity index (χ1v) is 13.1. The number of hydrogen-bond acceptors (Lipinski definition) is 6. The predicted octanol–water partition coefficient (Wildman–Crippen LogP) is 6.37. The minimum absolute atomic E-state index is 0.0187. The van der Waals surface area contributed by atoms with E-state index in [9.17, 15) is 9.59 Å². The van der Waals surface area contributed by atoms with Gasteiger partial charge in [0.2, 0.25) is 0 Å². The van der Waals surface area contributed by atoms with E-state index < -0.39 is 5.92 Å². The molecular weight excluding hydrogens is 490 g/mol. The lowest BCUT2D eigenvalue weighted by Gasteiger charge is -2.38. The van der Waals surface area contributed by atoms with E-state index in [2.05, 4.69) is 12.2 Å². The summed E-state index contributed by atoms with van der Waals surface area (Å²) in [5, 5.41) is 4.13. The molecule has 7 heteroatoms. The van der Waals surface area contributed by atoms with Gasteiger partial charge in [-0.1, -0.05) is 37.1 Å². The molecule has 2 aromatic carbocycles. The summed E-state index contributed by atoms with van der Waals surface area (Å²) in [5.41, 5.74) is 5.69. The first kappa shape index (κ1) is 26.8. The molecule has 1 aliphatic carbocycles. The van der Waals surface area contributed by atoms with E-state index in [-0.39, 0.29) is 24.3 Å². The van der Waals surface area contributed by atoms with Crippen molar-refractivity contribution >= 4 is 23.4 Å². The predicted molar refractivity (Wildman–Crippen MR) is 144 cm³/mol. The van der Waals surface area contributed by atoms with Crippen LogP contribution in [0.3, 0.4) is 0 Å². The summed E-state index contributed by atoms with van der Waals surface area (Å²) in [4.78, 5) is 27.2. The van der Waals surface area contributed by atoms with Crippen molar-refractivity contribution in [3.05, 3.63) is 80.7 Å². The number of ketones is 1. The van der Waals surface area contributed by atoms with Crippen molar-refractivity contribution in [2.75, 3.05) is 20.8 Å². The van der Waals surface area contributed by atoms with E-state index in [1.54, 1.807) is 21.1 Å². The van der Waals surface area contributed by atoms with Crippen LogP contribution >= 0.6 is 11.6 Å². The molecule has 2 aromatic rings. The van der Waals surface area contributed by atoms with Crippen LogP contribution in [0.1, 0.15) is 68.1 Å². The molecule has 0 saturated carbocycles. The Labute approximate surface area is 223 Å². The summed E-state index contributed by atoms with van der Waals surface area (Å²) in [6.45, 7) is 6.09. The molecule has 0 saturated heterocycles. The van der Waals surface area contributed by atoms with E-state index in [0.29, 0.717) is 46.9 Å². The molecule has 2 aliphatic rings. The van der Waals surface area contributed by atoms with Crippen LogP contribution in [0.5, 0.6) is 11.5 Å². The van der Waals surface area contributed by atoms with Gasteiger partial charge < -0.3 is 19.5 Å². The molecule has 4 rings (SSSR count). The fraction of sp³-hybridized carbons (Fsp3) is 0.400. The highest BCUT2D eigenvalue weighted by Gasteiger charge is 2.42. The molecule has 1 heterocycles. The molecule has 0 spiro atoms. The lowest BCUT2D eigenvalue weighted by atomic mass is 9.70. The zero-order valence-electron chi connectivity index (χ0n) is 22.1. The maximum Gasteiger partial charge on any atom is 0.336 e. The molecule has 1 aliphatic heterocycles. The Morgan fingerprint density at radius 1 is 1.05 bits per heavy atom. The van der Waals surface area contributed by atoms with Crippen molar-refractivity contribution in [3.63, 3.8) is 0 Å². The minimum atomic E-state index is -0.507. The number of hydrogen-bond donors (Lipinski definition) is 1. The molecule has 0 bridgehead atoms. The zero-order chi connectivity index (χ0) is 26.7. The Kier molecular flexibility index (Phi) is 8.28. The van der Waals surface area contributed by atoms with E-state index in [1.165, 1.54) is 0 Å². The van der Waals surface area contributed by atoms with Gasteiger partial charge in [-0.2, -0.15) is 0 Å². The van der Waals surface area contributed by atoms with Gasteiger partial charge in [-0.15, -0.1) is 0 Å². The van der Waals surface area contributed by atoms with Crippen molar-refractivity contribution in [2.24, 2.45) is 0 Å². The fourth-order valence-electron chi connectivity index (χ4n) is 5.47. The molecule has 37 heavy (non-hydrogen) atoms. The quantitative estimate of drug-likeness (QED) is 0.405. The van der Waals surface area contributed by atoms with Crippen LogP contribution in [-0.4, -0.2) is 32.6 Å².